The maximum absolute atomic E-state index is 12.1. The van der Waals surface area contributed by atoms with Crippen molar-refractivity contribution in [2.75, 3.05) is 11.3 Å². The number of hydrogen-bond donors (Lipinski definition) is 3. The molecule has 21 heavy (non-hydrogen) atoms. The number of benzene rings is 1. The molecule has 0 atom stereocenters. The van der Waals surface area contributed by atoms with Gasteiger partial charge in [0.1, 0.15) is 11.6 Å². The van der Waals surface area contributed by atoms with E-state index in [0.29, 0.717) is 29.4 Å². The van der Waals surface area contributed by atoms with Crippen LogP contribution in [-0.4, -0.2) is 30.1 Å². The van der Waals surface area contributed by atoms with Crippen LogP contribution in [0.2, 0.25) is 0 Å². The fourth-order valence-electron chi connectivity index (χ4n) is 1.81. The molecule has 0 spiro atoms. The minimum Gasteiger partial charge on any atom is -0.494 e. The number of aryl methyl sites for hydroxylation is 1. The SMILES string of the molecule is CCOc1ccc(NS(=O)(=O)c2cnc(C)[nH]2)cc1CO. The molecule has 114 valence electrons. The third-order valence-corrected chi connectivity index (χ3v) is 4.04. The van der Waals surface area contributed by atoms with E-state index in [1.807, 2.05) is 6.92 Å². The van der Waals surface area contributed by atoms with Gasteiger partial charge >= 0.3 is 0 Å². The summed E-state index contributed by atoms with van der Waals surface area (Å²) in [5, 5.41) is 9.30. The van der Waals surface area contributed by atoms with Gasteiger partial charge in [-0.3, -0.25) is 4.72 Å². The van der Waals surface area contributed by atoms with Crippen LogP contribution in [0.1, 0.15) is 18.3 Å². The van der Waals surface area contributed by atoms with Gasteiger partial charge in [-0.25, -0.2) is 4.98 Å². The Bertz CT molecular complexity index is 725. The maximum Gasteiger partial charge on any atom is 0.278 e. The number of aromatic nitrogens is 2. The van der Waals surface area contributed by atoms with Crippen LogP contribution < -0.4 is 9.46 Å². The van der Waals surface area contributed by atoms with E-state index in [1.165, 1.54) is 12.3 Å². The van der Waals surface area contributed by atoms with E-state index in [0.717, 1.165) is 0 Å². The van der Waals surface area contributed by atoms with Crippen LogP contribution in [0.3, 0.4) is 0 Å². The first kappa shape index (κ1) is 15.3. The molecule has 0 bridgehead atoms. The van der Waals surface area contributed by atoms with Crippen molar-refractivity contribution in [3.8, 4) is 5.75 Å². The van der Waals surface area contributed by atoms with E-state index in [9.17, 15) is 13.5 Å². The molecule has 0 aliphatic heterocycles. The number of rotatable bonds is 6. The van der Waals surface area contributed by atoms with Gasteiger partial charge < -0.3 is 14.8 Å². The quantitative estimate of drug-likeness (QED) is 0.748. The first-order valence-corrected chi connectivity index (χ1v) is 7.85. The van der Waals surface area contributed by atoms with E-state index >= 15 is 0 Å². The van der Waals surface area contributed by atoms with Gasteiger partial charge in [-0.05, 0) is 32.0 Å². The van der Waals surface area contributed by atoms with Crippen LogP contribution in [-0.2, 0) is 16.6 Å². The zero-order chi connectivity index (χ0) is 15.5. The van der Waals surface area contributed by atoms with Gasteiger partial charge in [-0.2, -0.15) is 8.42 Å². The lowest BCUT2D eigenvalue weighted by Crippen LogP contribution is -2.13. The average molecular weight is 311 g/mol. The Morgan fingerprint density at radius 1 is 1.43 bits per heavy atom. The number of anilines is 1. The second-order valence-corrected chi connectivity index (χ2v) is 6.00. The van der Waals surface area contributed by atoms with E-state index in [4.69, 9.17) is 4.74 Å². The molecular formula is C13H17N3O4S. The number of ether oxygens (including phenoxy) is 1. The molecule has 0 saturated heterocycles. The van der Waals surface area contributed by atoms with Crippen LogP contribution in [0, 0.1) is 6.92 Å². The third-order valence-electron chi connectivity index (χ3n) is 2.75. The van der Waals surface area contributed by atoms with Crippen molar-refractivity contribution in [2.24, 2.45) is 0 Å². The van der Waals surface area contributed by atoms with Crippen LogP contribution in [0.25, 0.3) is 0 Å². The molecule has 1 aromatic carbocycles. The molecule has 0 aliphatic rings. The van der Waals surface area contributed by atoms with Gasteiger partial charge in [0.2, 0.25) is 0 Å². The molecule has 0 aliphatic carbocycles. The van der Waals surface area contributed by atoms with Crippen molar-refractivity contribution in [1.29, 1.82) is 0 Å². The molecule has 7 nitrogen and oxygen atoms in total. The number of nitrogens with zero attached hydrogens (tertiary/aromatic N) is 1. The molecule has 0 fully saturated rings. The van der Waals surface area contributed by atoms with E-state index in [1.54, 1.807) is 19.1 Å². The maximum atomic E-state index is 12.1. The Morgan fingerprint density at radius 2 is 2.19 bits per heavy atom. The van der Waals surface area contributed by atoms with Crippen molar-refractivity contribution in [2.45, 2.75) is 25.5 Å². The summed E-state index contributed by atoms with van der Waals surface area (Å²) >= 11 is 0. The van der Waals surface area contributed by atoms with Crippen molar-refractivity contribution in [3.63, 3.8) is 0 Å². The van der Waals surface area contributed by atoms with Crippen molar-refractivity contribution >= 4 is 15.7 Å². The summed E-state index contributed by atoms with van der Waals surface area (Å²) in [6.45, 7) is 3.72. The van der Waals surface area contributed by atoms with Gasteiger partial charge in [0.15, 0.2) is 5.03 Å². The van der Waals surface area contributed by atoms with Crippen molar-refractivity contribution in [3.05, 3.63) is 35.8 Å². The van der Waals surface area contributed by atoms with Gasteiger partial charge in [0, 0.05) is 11.3 Å². The summed E-state index contributed by atoms with van der Waals surface area (Å²) in [6.07, 6.45) is 1.25. The van der Waals surface area contributed by atoms with Gasteiger partial charge in [-0.15, -0.1) is 0 Å². The number of imidazole rings is 1. The van der Waals surface area contributed by atoms with E-state index in [2.05, 4.69) is 14.7 Å². The van der Waals surface area contributed by atoms with Crippen LogP contribution in [0.4, 0.5) is 5.69 Å². The van der Waals surface area contributed by atoms with Crippen LogP contribution >= 0.6 is 0 Å². The third kappa shape index (κ3) is 3.53. The van der Waals surface area contributed by atoms with Gasteiger partial charge in [0.25, 0.3) is 10.0 Å². The van der Waals surface area contributed by atoms with Crippen LogP contribution in [0.5, 0.6) is 5.75 Å². The molecule has 2 rings (SSSR count). The monoisotopic (exact) mass is 311 g/mol. The standard InChI is InChI=1S/C13H17N3O4S/c1-3-20-12-5-4-11(6-10(12)8-17)16-21(18,19)13-7-14-9(2)15-13/h4-7,16-17H,3,8H2,1-2H3,(H,14,15). The van der Waals surface area contributed by atoms with E-state index in [-0.39, 0.29) is 11.6 Å². The Kier molecular flexibility index (Phi) is 4.49. The lowest BCUT2D eigenvalue weighted by Gasteiger charge is -2.11. The van der Waals surface area contributed by atoms with Crippen molar-refractivity contribution in [1.82, 2.24) is 9.97 Å². The molecule has 2 aromatic rings. The fraction of sp³-hybridized carbons (Fsp3) is 0.308. The zero-order valence-corrected chi connectivity index (χ0v) is 12.6. The summed E-state index contributed by atoms with van der Waals surface area (Å²) in [5.41, 5.74) is 0.854. The van der Waals surface area contributed by atoms with Crippen LogP contribution in [0.15, 0.2) is 29.4 Å². The molecular weight excluding hydrogens is 294 g/mol. The van der Waals surface area contributed by atoms with Gasteiger partial charge in [0.05, 0.1) is 19.4 Å². The Hall–Kier alpha value is -2.06. The summed E-state index contributed by atoms with van der Waals surface area (Å²) in [5.74, 6) is 1.04. The second kappa shape index (κ2) is 6.15. The summed E-state index contributed by atoms with van der Waals surface area (Å²) in [6, 6.07) is 4.72. The highest BCUT2D eigenvalue weighted by atomic mass is 32.2. The Morgan fingerprint density at radius 3 is 2.76 bits per heavy atom. The topological polar surface area (TPSA) is 104 Å². The number of sulfonamides is 1. The molecule has 0 amide bonds. The molecule has 1 aromatic heterocycles. The lowest BCUT2D eigenvalue weighted by atomic mass is 10.2. The molecule has 0 radical (unpaired) electrons. The molecule has 1 heterocycles. The Labute approximate surface area is 123 Å². The smallest absolute Gasteiger partial charge is 0.278 e. The fourth-order valence-corrected chi connectivity index (χ4v) is 2.83. The largest absolute Gasteiger partial charge is 0.494 e. The molecule has 3 N–H and O–H groups in total. The summed E-state index contributed by atoms with van der Waals surface area (Å²) in [4.78, 5) is 6.52. The number of aromatic amines is 1. The predicted molar refractivity (Wildman–Crippen MR) is 77.7 cm³/mol. The van der Waals surface area contributed by atoms with E-state index < -0.39 is 10.0 Å². The molecule has 8 heteroatoms. The second-order valence-electron chi connectivity index (χ2n) is 4.35. The first-order chi connectivity index (χ1) is 9.96. The zero-order valence-electron chi connectivity index (χ0n) is 11.8. The number of aliphatic hydroxyl groups excluding tert-OH is 1. The van der Waals surface area contributed by atoms with Gasteiger partial charge in [-0.1, -0.05) is 0 Å². The van der Waals surface area contributed by atoms with Crippen molar-refractivity contribution < 1.29 is 18.3 Å². The number of aliphatic hydroxyl groups is 1. The highest BCUT2D eigenvalue weighted by molar-refractivity contribution is 7.92. The highest BCUT2D eigenvalue weighted by Gasteiger charge is 2.17. The normalized spacial score (nSPS) is 11.4. The number of H-pyrrole nitrogens is 1. The predicted octanol–water partition coefficient (Wildman–Crippen LogP) is 1.41. The lowest BCUT2D eigenvalue weighted by molar-refractivity contribution is 0.267. The molecule has 0 unspecified atom stereocenters. The molecule has 0 saturated carbocycles. The summed E-state index contributed by atoms with van der Waals surface area (Å²) in [7, 11) is -3.73. The first-order valence-electron chi connectivity index (χ1n) is 6.37. The summed E-state index contributed by atoms with van der Waals surface area (Å²) < 4.78 is 32.1. The number of nitrogens with one attached hydrogen (secondary N) is 2. The minimum absolute atomic E-state index is 0.0144. The highest BCUT2D eigenvalue weighted by Crippen LogP contribution is 2.24. The Balaban J connectivity index is 2.27. The average Bonchev–Trinajstić information content (AvgIpc) is 2.88. The number of hydrogen-bond acceptors (Lipinski definition) is 5. The minimum atomic E-state index is -3.73.